The van der Waals surface area contributed by atoms with E-state index in [4.69, 9.17) is 0 Å². The van der Waals surface area contributed by atoms with E-state index < -0.39 is 0 Å². The van der Waals surface area contributed by atoms with Gasteiger partial charge in [0.25, 0.3) is 0 Å². The zero-order valence-corrected chi connectivity index (χ0v) is 10.5. The van der Waals surface area contributed by atoms with Gasteiger partial charge in [-0.05, 0) is 6.92 Å². The van der Waals surface area contributed by atoms with Crippen LogP contribution < -0.4 is 5.32 Å². The molecule has 2 rings (SSSR count). The zero-order valence-electron chi connectivity index (χ0n) is 8.88. The summed E-state index contributed by atoms with van der Waals surface area (Å²) in [4.78, 5) is 12.8. The minimum absolute atomic E-state index is 0.812. The molecule has 84 valence electrons. The molecule has 16 heavy (non-hydrogen) atoms. The van der Waals surface area contributed by atoms with Crippen LogP contribution >= 0.6 is 23.1 Å². The molecule has 0 fully saturated rings. The van der Waals surface area contributed by atoms with Gasteiger partial charge in [0, 0.05) is 23.9 Å². The SMILES string of the molecule is CCNc1cnc(CSc2nccs2)cn1. The number of nitrogens with one attached hydrogen (secondary N) is 1. The number of nitrogens with zero attached hydrogens (tertiary/aromatic N) is 3. The largest absolute Gasteiger partial charge is 0.369 e. The molecule has 0 aliphatic rings. The molecular weight excluding hydrogens is 240 g/mol. The Morgan fingerprint density at radius 2 is 2.25 bits per heavy atom. The van der Waals surface area contributed by atoms with Crippen molar-refractivity contribution < 1.29 is 0 Å². The van der Waals surface area contributed by atoms with Gasteiger partial charge in [0.15, 0.2) is 0 Å². The summed E-state index contributed by atoms with van der Waals surface area (Å²) in [5.74, 6) is 1.64. The van der Waals surface area contributed by atoms with Gasteiger partial charge in [-0.25, -0.2) is 9.97 Å². The quantitative estimate of drug-likeness (QED) is 0.829. The number of thioether (sulfide) groups is 1. The molecular formula is C10H12N4S2. The first-order chi connectivity index (χ1) is 7.88. The van der Waals surface area contributed by atoms with Gasteiger partial charge in [-0.15, -0.1) is 11.3 Å². The molecule has 0 aromatic carbocycles. The second kappa shape index (κ2) is 5.81. The predicted molar refractivity (Wildman–Crippen MR) is 67.9 cm³/mol. The molecule has 0 aliphatic heterocycles. The molecule has 0 aliphatic carbocycles. The third kappa shape index (κ3) is 3.18. The number of hydrogen-bond acceptors (Lipinski definition) is 6. The van der Waals surface area contributed by atoms with Gasteiger partial charge in [0.2, 0.25) is 0 Å². The average Bonchev–Trinajstić information content (AvgIpc) is 2.82. The standard InChI is InChI=1S/C10H12N4S2/c1-2-11-9-6-13-8(5-14-9)7-16-10-12-3-4-15-10/h3-6H,2,7H2,1H3,(H,11,14). The smallest absolute Gasteiger partial charge is 0.150 e. The number of anilines is 1. The van der Waals surface area contributed by atoms with Crippen LogP contribution in [0.25, 0.3) is 0 Å². The van der Waals surface area contributed by atoms with E-state index in [0.29, 0.717) is 0 Å². The minimum Gasteiger partial charge on any atom is -0.369 e. The predicted octanol–water partition coefficient (Wildman–Crippen LogP) is 2.66. The second-order valence-electron chi connectivity index (χ2n) is 3.01. The van der Waals surface area contributed by atoms with Crippen LogP contribution in [-0.2, 0) is 5.75 Å². The maximum atomic E-state index is 4.33. The lowest BCUT2D eigenvalue weighted by molar-refractivity contribution is 1.07. The van der Waals surface area contributed by atoms with Crippen LogP contribution in [0.5, 0.6) is 0 Å². The van der Waals surface area contributed by atoms with Crippen molar-refractivity contribution in [3.05, 3.63) is 29.7 Å². The summed E-state index contributed by atoms with van der Waals surface area (Å²) < 4.78 is 1.07. The van der Waals surface area contributed by atoms with Crippen LogP contribution in [0.15, 0.2) is 28.3 Å². The van der Waals surface area contributed by atoms with Crippen LogP contribution in [0.1, 0.15) is 12.6 Å². The Morgan fingerprint density at radius 3 is 2.88 bits per heavy atom. The second-order valence-corrected chi connectivity index (χ2v) is 5.13. The van der Waals surface area contributed by atoms with Crippen molar-refractivity contribution in [2.45, 2.75) is 17.0 Å². The van der Waals surface area contributed by atoms with Crippen molar-refractivity contribution in [2.75, 3.05) is 11.9 Å². The molecule has 0 atom stereocenters. The molecule has 1 N–H and O–H groups in total. The third-order valence-electron chi connectivity index (χ3n) is 1.82. The van der Waals surface area contributed by atoms with Crippen LogP contribution in [-0.4, -0.2) is 21.5 Å². The van der Waals surface area contributed by atoms with E-state index >= 15 is 0 Å². The summed E-state index contributed by atoms with van der Waals surface area (Å²) in [6.07, 6.45) is 5.38. The van der Waals surface area contributed by atoms with Crippen molar-refractivity contribution in [1.29, 1.82) is 0 Å². The summed E-state index contributed by atoms with van der Waals surface area (Å²) in [5.41, 5.74) is 0.974. The van der Waals surface area contributed by atoms with Gasteiger partial charge in [0.05, 0.1) is 18.1 Å². The Hall–Kier alpha value is -1.14. The zero-order chi connectivity index (χ0) is 11.2. The van der Waals surface area contributed by atoms with Crippen molar-refractivity contribution in [3.63, 3.8) is 0 Å². The van der Waals surface area contributed by atoms with Crippen molar-refractivity contribution >= 4 is 28.9 Å². The Labute approximate surface area is 103 Å². The maximum Gasteiger partial charge on any atom is 0.150 e. The highest BCUT2D eigenvalue weighted by Crippen LogP contribution is 2.23. The fraction of sp³-hybridized carbons (Fsp3) is 0.300. The highest BCUT2D eigenvalue weighted by atomic mass is 32.2. The van der Waals surface area contributed by atoms with Gasteiger partial charge < -0.3 is 5.32 Å². The van der Waals surface area contributed by atoms with E-state index in [1.165, 1.54) is 0 Å². The first-order valence-corrected chi connectivity index (χ1v) is 6.82. The lowest BCUT2D eigenvalue weighted by atomic mass is 10.5. The van der Waals surface area contributed by atoms with Crippen LogP contribution in [0, 0.1) is 0 Å². The maximum absolute atomic E-state index is 4.33. The number of rotatable bonds is 5. The fourth-order valence-electron chi connectivity index (χ4n) is 1.12. The number of aromatic nitrogens is 3. The van der Waals surface area contributed by atoms with E-state index in [1.54, 1.807) is 35.5 Å². The molecule has 0 amide bonds. The average molecular weight is 252 g/mol. The summed E-state index contributed by atoms with van der Waals surface area (Å²) in [5, 5.41) is 5.09. The van der Waals surface area contributed by atoms with Crippen LogP contribution in [0.2, 0.25) is 0 Å². The summed E-state index contributed by atoms with van der Waals surface area (Å²) in [7, 11) is 0. The third-order valence-corrected chi connectivity index (χ3v) is 3.82. The van der Waals surface area contributed by atoms with Gasteiger partial charge in [-0.1, -0.05) is 11.8 Å². The van der Waals surface area contributed by atoms with Gasteiger partial charge in [-0.2, -0.15) is 0 Å². The molecule has 4 nitrogen and oxygen atoms in total. The van der Waals surface area contributed by atoms with E-state index in [1.807, 2.05) is 18.5 Å². The minimum atomic E-state index is 0.812. The summed E-state index contributed by atoms with van der Waals surface area (Å²) in [6, 6.07) is 0. The van der Waals surface area contributed by atoms with Crippen molar-refractivity contribution in [2.24, 2.45) is 0 Å². The molecule has 2 heterocycles. The number of hydrogen-bond donors (Lipinski definition) is 1. The van der Waals surface area contributed by atoms with Crippen molar-refractivity contribution in [3.8, 4) is 0 Å². The first kappa shape index (κ1) is 11.3. The lowest BCUT2D eigenvalue weighted by Gasteiger charge is -2.02. The molecule has 0 saturated carbocycles. The van der Waals surface area contributed by atoms with E-state index in [9.17, 15) is 0 Å². The lowest BCUT2D eigenvalue weighted by Crippen LogP contribution is -2.00. The Morgan fingerprint density at radius 1 is 1.31 bits per heavy atom. The van der Waals surface area contributed by atoms with E-state index in [-0.39, 0.29) is 0 Å². The highest BCUT2D eigenvalue weighted by Gasteiger charge is 2.00. The van der Waals surface area contributed by atoms with Crippen molar-refractivity contribution in [1.82, 2.24) is 15.0 Å². The van der Waals surface area contributed by atoms with E-state index in [2.05, 4.69) is 20.3 Å². The Kier molecular flexibility index (Phi) is 4.12. The van der Waals surface area contributed by atoms with Gasteiger partial charge in [-0.3, -0.25) is 4.98 Å². The molecule has 0 saturated heterocycles. The highest BCUT2D eigenvalue weighted by molar-refractivity contribution is 8.00. The van der Waals surface area contributed by atoms with Gasteiger partial charge >= 0.3 is 0 Å². The fourth-order valence-corrected chi connectivity index (χ4v) is 2.65. The molecule has 6 heteroatoms. The topological polar surface area (TPSA) is 50.7 Å². The molecule has 0 bridgehead atoms. The molecule has 2 aromatic heterocycles. The molecule has 0 unspecified atom stereocenters. The summed E-state index contributed by atoms with van der Waals surface area (Å²) >= 11 is 3.33. The number of thiazole rings is 1. The van der Waals surface area contributed by atoms with Crippen LogP contribution in [0.4, 0.5) is 5.82 Å². The Bertz CT molecular complexity index is 413. The summed E-state index contributed by atoms with van der Waals surface area (Å²) in [6.45, 7) is 2.90. The first-order valence-electron chi connectivity index (χ1n) is 4.95. The monoisotopic (exact) mass is 252 g/mol. The van der Waals surface area contributed by atoms with Crippen LogP contribution in [0.3, 0.4) is 0 Å². The molecule has 2 aromatic rings. The molecule has 0 spiro atoms. The Balaban J connectivity index is 1.90. The normalized spacial score (nSPS) is 10.3. The van der Waals surface area contributed by atoms with E-state index in [0.717, 1.165) is 28.1 Å². The molecule has 0 radical (unpaired) electrons. The van der Waals surface area contributed by atoms with Gasteiger partial charge in [0.1, 0.15) is 10.2 Å².